The van der Waals surface area contributed by atoms with Crippen molar-refractivity contribution in [3.63, 3.8) is 0 Å². The van der Waals surface area contributed by atoms with Crippen molar-refractivity contribution >= 4 is 23.5 Å². The molecule has 20 heavy (non-hydrogen) atoms. The van der Waals surface area contributed by atoms with Crippen LogP contribution in [0.5, 0.6) is 0 Å². The maximum atomic E-state index is 5.18. The Kier molecular flexibility index (Phi) is 5.34. The molecule has 0 radical (unpaired) electrons. The Balaban J connectivity index is 2.73. The van der Waals surface area contributed by atoms with Crippen molar-refractivity contribution < 1.29 is 0 Å². The van der Waals surface area contributed by atoms with Crippen molar-refractivity contribution in [1.29, 1.82) is 0 Å². The van der Waals surface area contributed by atoms with Gasteiger partial charge in [-0.3, -0.25) is 5.43 Å². The third-order valence-electron chi connectivity index (χ3n) is 2.90. The van der Waals surface area contributed by atoms with Crippen LogP contribution >= 0.6 is 12.2 Å². The molecular weight excluding hydrogens is 268 g/mol. The smallest absolute Gasteiger partial charge is 0.187 e. The van der Waals surface area contributed by atoms with Crippen LogP contribution in [-0.2, 0) is 0 Å². The quantitative estimate of drug-likeness (QED) is 0.511. The maximum Gasteiger partial charge on any atom is 0.187 e. The first kappa shape index (κ1) is 16.7. The number of aromatic nitrogens is 1. The summed E-state index contributed by atoms with van der Waals surface area (Å²) in [5, 5.41) is 7.90. The van der Waals surface area contributed by atoms with E-state index in [2.05, 4.69) is 74.9 Å². The zero-order chi connectivity index (χ0) is 15.5. The molecule has 0 aromatic carbocycles. The van der Waals surface area contributed by atoms with E-state index in [0.717, 1.165) is 5.56 Å². The molecule has 1 aromatic rings. The SMILES string of the molecule is Cc1cc(/C=N\NC(=S)NC(C)(C)C)c(C)n1C(C)C. The van der Waals surface area contributed by atoms with Crippen LogP contribution < -0.4 is 10.7 Å². The molecule has 0 atom stereocenters. The Morgan fingerprint density at radius 1 is 1.35 bits per heavy atom. The number of hydrazone groups is 1. The molecule has 0 spiro atoms. The normalized spacial score (nSPS) is 12.2. The van der Waals surface area contributed by atoms with Gasteiger partial charge >= 0.3 is 0 Å². The summed E-state index contributed by atoms with van der Waals surface area (Å²) < 4.78 is 2.30. The average Bonchev–Trinajstić information content (AvgIpc) is 2.51. The number of aryl methyl sites for hydroxylation is 1. The minimum atomic E-state index is -0.0624. The van der Waals surface area contributed by atoms with Crippen LogP contribution in [-0.4, -0.2) is 21.4 Å². The third kappa shape index (κ3) is 4.63. The van der Waals surface area contributed by atoms with E-state index in [-0.39, 0.29) is 5.54 Å². The topological polar surface area (TPSA) is 41.4 Å². The Hall–Kier alpha value is -1.36. The van der Waals surface area contributed by atoms with Crippen molar-refractivity contribution in [1.82, 2.24) is 15.3 Å². The zero-order valence-corrected chi connectivity index (χ0v) is 14.4. The van der Waals surface area contributed by atoms with Gasteiger partial charge in [-0.25, -0.2) is 0 Å². The number of nitrogens with zero attached hydrogens (tertiary/aromatic N) is 2. The van der Waals surface area contributed by atoms with Crippen LogP contribution in [0.4, 0.5) is 0 Å². The van der Waals surface area contributed by atoms with E-state index in [1.165, 1.54) is 11.4 Å². The highest BCUT2D eigenvalue weighted by Crippen LogP contribution is 2.18. The molecule has 0 saturated heterocycles. The fourth-order valence-corrected chi connectivity index (χ4v) is 2.62. The lowest BCUT2D eigenvalue weighted by molar-refractivity contribution is 0.508. The molecule has 0 fully saturated rings. The van der Waals surface area contributed by atoms with Crippen LogP contribution in [0.25, 0.3) is 0 Å². The molecule has 1 aromatic heterocycles. The predicted octanol–water partition coefficient (Wildman–Crippen LogP) is 3.28. The van der Waals surface area contributed by atoms with Gasteiger partial charge in [-0.1, -0.05) is 0 Å². The van der Waals surface area contributed by atoms with Gasteiger partial charge in [0.1, 0.15) is 0 Å². The zero-order valence-electron chi connectivity index (χ0n) is 13.5. The Morgan fingerprint density at radius 2 is 1.95 bits per heavy atom. The van der Waals surface area contributed by atoms with Gasteiger partial charge in [0.15, 0.2) is 5.11 Å². The summed E-state index contributed by atoms with van der Waals surface area (Å²) in [7, 11) is 0. The van der Waals surface area contributed by atoms with Crippen molar-refractivity contribution in [2.24, 2.45) is 5.10 Å². The van der Waals surface area contributed by atoms with Gasteiger partial charge in [0.05, 0.1) is 6.21 Å². The summed E-state index contributed by atoms with van der Waals surface area (Å²) in [6.07, 6.45) is 1.82. The first-order chi connectivity index (χ1) is 9.11. The molecule has 2 N–H and O–H groups in total. The van der Waals surface area contributed by atoms with Crippen LogP contribution in [0.1, 0.15) is 57.6 Å². The van der Waals surface area contributed by atoms with Crippen molar-refractivity contribution in [2.45, 2.75) is 60.0 Å². The lowest BCUT2D eigenvalue weighted by atomic mass is 10.1. The van der Waals surface area contributed by atoms with Gasteiger partial charge in [-0.05, 0) is 66.8 Å². The second-order valence-corrected chi connectivity index (χ2v) is 6.77. The largest absolute Gasteiger partial charge is 0.357 e. The number of rotatable bonds is 3. The fraction of sp³-hybridized carbons (Fsp3) is 0.600. The molecule has 4 nitrogen and oxygen atoms in total. The highest BCUT2D eigenvalue weighted by atomic mass is 32.1. The molecule has 0 bridgehead atoms. The molecule has 112 valence electrons. The number of hydrogen-bond donors (Lipinski definition) is 2. The van der Waals surface area contributed by atoms with Crippen LogP contribution in [0, 0.1) is 13.8 Å². The number of nitrogens with one attached hydrogen (secondary N) is 2. The van der Waals surface area contributed by atoms with Crippen LogP contribution in [0.2, 0.25) is 0 Å². The molecule has 0 unspecified atom stereocenters. The van der Waals surface area contributed by atoms with Crippen molar-refractivity contribution in [3.8, 4) is 0 Å². The molecule has 0 saturated carbocycles. The lowest BCUT2D eigenvalue weighted by Crippen LogP contribution is -2.44. The molecule has 0 aliphatic heterocycles. The minimum Gasteiger partial charge on any atom is -0.357 e. The van der Waals surface area contributed by atoms with E-state index in [1.54, 1.807) is 0 Å². The highest BCUT2D eigenvalue weighted by Gasteiger charge is 2.11. The van der Waals surface area contributed by atoms with Crippen molar-refractivity contribution in [2.75, 3.05) is 0 Å². The predicted molar refractivity (Wildman–Crippen MR) is 90.5 cm³/mol. The van der Waals surface area contributed by atoms with Gasteiger partial charge in [0.25, 0.3) is 0 Å². The lowest BCUT2D eigenvalue weighted by Gasteiger charge is -2.21. The maximum absolute atomic E-state index is 5.18. The first-order valence-corrected chi connectivity index (χ1v) is 7.32. The van der Waals surface area contributed by atoms with E-state index in [4.69, 9.17) is 12.2 Å². The molecule has 1 rings (SSSR count). The molecular formula is C15H26N4S. The molecule has 5 heteroatoms. The third-order valence-corrected chi connectivity index (χ3v) is 3.09. The fourth-order valence-electron chi connectivity index (χ4n) is 2.26. The molecule has 0 amide bonds. The summed E-state index contributed by atoms with van der Waals surface area (Å²) in [6.45, 7) is 14.8. The second kappa shape index (κ2) is 6.39. The molecule has 1 heterocycles. The van der Waals surface area contributed by atoms with Gasteiger partial charge in [-0.15, -0.1) is 0 Å². The average molecular weight is 294 g/mol. The number of thiocarbonyl (C=S) groups is 1. The Bertz CT molecular complexity index is 507. The van der Waals surface area contributed by atoms with E-state index in [1.807, 2.05) is 6.21 Å². The minimum absolute atomic E-state index is 0.0624. The highest BCUT2D eigenvalue weighted by molar-refractivity contribution is 7.80. The van der Waals surface area contributed by atoms with Gasteiger partial charge in [0.2, 0.25) is 0 Å². The second-order valence-electron chi connectivity index (χ2n) is 6.36. The van der Waals surface area contributed by atoms with Gasteiger partial charge < -0.3 is 9.88 Å². The first-order valence-electron chi connectivity index (χ1n) is 6.91. The number of hydrogen-bond acceptors (Lipinski definition) is 2. The van der Waals surface area contributed by atoms with E-state index < -0.39 is 0 Å². The van der Waals surface area contributed by atoms with Gasteiger partial charge in [0, 0.05) is 28.5 Å². The van der Waals surface area contributed by atoms with Crippen LogP contribution in [0.15, 0.2) is 11.2 Å². The summed E-state index contributed by atoms with van der Waals surface area (Å²) in [5.74, 6) is 0. The van der Waals surface area contributed by atoms with E-state index in [0.29, 0.717) is 11.2 Å². The summed E-state index contributed by atoms with van der Waals surface area (Å²) in [4.78, 5) is 0. The summed E-state index contributed by atoms with van der Waals surface area (Å²) >= 11 is 5.18. The van der Waals surface area contributed by atoms with Crippen molar-refractivity contribution in [3.05, 3.63) is 23.0 Å². The van der Waals surface area contributed by atoms with E-state index >= 15 is 0 Å². The summed E-state index contributed by atoms with van der Waals surface area (Å²) in [6, 6.07) is 2.59. The molecule has 0 aliphatic rings. The molecule has 0 aliphatic carbocycles. The van der Waals surface area contributed by atoms with Gasteiger partial charge in [-0.2, -0.15) is 5.10 Å². The Morgan fingerprint density at radius 3 is 2.40 bits per heavy atom. The standard InChI is InChI=1S/C15H26N4S/c1-10(2)19-11(3)8-13(12(19)4)9-16-18-14(20)17-15(5,6)7/h8-10H,1-7H3,(H2,17,18,20)/b16-9-. The van der Waals surface area contributed by atoms with Crippen LogP contribution in [0.3, 0.4) is 0 Å². The monoisotopic (exact) mass is 294 g/mol. The van der Waals surface area contributed by atoms with E-state index in [9.17, 15) is 0 Å². The summed E-state index contributed by atoms with van der Waals surface area (Å²) in [5.41, 5.74) is 6.37. The Labute approximate surface area is 127 Å².